The Kier molecular flexibility index (Phi) is 2.13. The molecule has 0 aromatic heterocycles. The second kappa shape index (κ2) is 3.44. The van der Waals surface area contributed by atoms with Crippen molar-refractivity contribution in [3.05, 3.63) is 54.1 Å². The van der Waals surface area contributed by atoms with Gasteiger partial charge in [0, 0.05) is 0 Å². The number of rotatable bonds is 1. The Morgan fingerprint density at radius 1 is 1.08 bits per heavy atom. The van der Waals surface area contributed by atoms with Gasteiger partial charge >= 0.3 is 0 Å². The quantitative estimate of drug-likeness (QED) is 0.607. The summed E-state index contributed by atoms with van der Waals surface area (Å²) in [5.74, 6) is 0. The molecule has 0 saturated heterocycles. The minimum Gasteiger partial charge on any atom is -0.0870 e. The van der Waals surface area contributed by atoms with E-state index in [9.17, 15) is 0 Å². The summed E-state index contributed by atoms with van der Waals surface area (Å²) in [5, 5.41) is 2.42. The molecule has 0 saturated carbocycles. The largest absolute Gasteiger partial charge is 0.0870 e. The molecule has 0 aliphatic heterocycles. The molecule has 2 aromatic rings. The lowest BCUT2D eigenvalue weighted by molar-refractivity contribution is 1.67. The topological polar surface area (TPSA) is 0 Å². The van der Waals surface area contributed by atoms with Crippen LogP contribution in [0.15, 0.2) is 42.5 Å². The molecular formula is C13H11. The van der Waals surface area contributed by atoms with E-state index in [4.69, 9.17) is 0 Å². The van der Waals surface area contributed by atoms with Crippen LogP contribution in [0.5, 0.6) is 0 Å². The van der Waals surface area contributed by atoms with Crippen LogP contribution in [0.25, 0.3) is 16.8 Å². The Labute approximate surface area is 78.5 Å². The maximum Gasteiger partial charge on any atom is -0.00207 e. The van der Waals surface area contributed by atoms with Crippen LogP contribution in [0.3, 0.4) is 0 Å². The van der Waals surface area contributed by atoms with Crippen LogP contribution in [0, 0.1) is 6.07 Å². The predicted octanol–water partition coefficient (Wildman–Crippen LogP) is 3.67. The molecule has 0 N–H and O–H groups in total. The molecule has 0 aliphatic rings. The van der Waals surface area contributed by atoms with Crippen LogP contribution in [0.4, 0.5) is 0 Å². The molecule has 0 heteroatoms. The smallest absolute Gasteiger partial charge is 0.00207 e. The van der Waals surface area contributed by atoms with E-state index in [0.717, 1.165) is 5.56 Å². The Morgan fingerprint density at radius 3 is 2.77 bits per heavy atom. The van der Waals surface area contributed by atoms with Crippen LogP contribution in [-0.4, -0.2) is 0 Å². The van der Waals surface area contributed by atoms with Crippen molar-refractivity contribution in [3.8, 4) is 0 Å². The van der Waals surface area contributed by atoms with Crippen molar-refractivity contribution in [2.45, 2.75) is 6.92 Å². The van der Waals surface area contributed by atoms with Crippen molar-refractivity contribution >= 4 is 16.8 Å². The fourth-order valence-corrected chi connectivity index (χ4v) is 1.41. The van der Waals surface area contributed by atoms with Crippen molar-refractivity contribution in [2.24, 2.45) is 0 Å². The maximum atomic E-state index is 3.34. The highest BCUT2D eigenvalue weighted by Crippen LogP contribution is 2.15. The first-order chi connectivity index (χ1) is 6.40. The summed E-state index contributed by atoms with van der Waals surface area (Å²) in [6.45, 7) is 2.02. The van der Waals surface area contributed by atoms with Crippen LogP contribution in [-0.2, 0) is 0 Å². The average Bonchev–Trinajstić information content (AvgIpc) is 2.18. The first-order valence-electron chi connectivity index (χ1n) is 4.44. The molecule has 0 heterocycles. The molecule has 0 unspecified atom stereocenters. The van der Waals surface area contributed by atoms with Gasteiger partial charge in [-0.05, 0) is 29.3 Å². The fraction of sp³-hybridized carbons (Fsp3) is 0.0769. The van der Waals surface area contributed by atoms with Gasteiger partial charge in [-0.15, -0.1) is 0 Å². The van der Waals surface area contributed by atoms with Gasteiger partial charge in [0.2, 0.25) is 0 Å². The molecule has 0 bridgehead atoms. The van der Waals surface area contributed by atoms with E-state index in [0.29, 0.717) is 0 Å². The molecule has 1 radical (unpaired) electrons. The predicted molar refractivity (Wildman–Crippen MR) is 57.5 cm³/mol. The monoisotopic (exact) mass is 167 g/mol. The molecule has 2 aromatic carbocycles. The summed E-state index contributed by atoms with van der Waals surface area (Å²) >= 11 is 0. The molecule has 0 nitrogen and oxygen atoms in total. The van der Waals surface area contributed by atoms with Gasteiger partial charge in [0.05, 0.1) is 0 Å². The van der Waals surface area contributed by atoms with Crippen molar-refractivity contribution in [1.29, 1.82) is 0 Å². The van der Waals surface area contributed by atoms with E-state index in [1.165, 1.54) is 10.8 Å². The number of fused-ring (bicyclic) bond motifs is 1. The van der Waals surface area contributed by atoms with Gasteiger partial charge in [-0.2, -0.15) is 0 Å². The van der Waals surface area contributed by atoms with Crippen molar-refractivity contribution in [3.63, 3.8) is 0 Å². The Bertz CT molecular complexity index is 438. The maximum absolute atomic E-state index is 3.34. The highest BCUT2D eigenvalue weighted by Gasteiger charge is 1.92. The summed E-state index contributed by atoms with van der Waals surface area (Å²) in [7, 11) is 0. The second-order valence-electron chi connectivity index (χ2n) is 3.00. The van der Waals surface area contributed by atoms with Crippen molar-refractivity contribution < 1.29 is 0 Å². The van der Waals surface area contributed by atoms with E-state index in [1.807, 2.05) is 25.1 Å². The third kappa shape index (κ3) is 1.62. The SMILES string of the molecule is CC=Cc1[c]c2ccccc2cc1. The lowest BCUT2D eigenvalue weighted by atomic mass is 10.1. The number of hydrogen-bond acceptors (Lipinski definition) is 0. The van der Waals surface area contributed by atoms with E-state index >= 15 is 0 Å². The normalized spacial score (nSPS) is 11.2. The van der Waals surface area contributed by atoms with Gasteiger partial charge in [-0.25, -0.2) is 0 Å². The van der Waals surface area contributed by atoms with Gasteiger partial charge in [0.25, 0.3) is 0 Å². The van der Waals surface area contributed by atoms with Crippen LogP contribution in [0.2, 0.25) is 0 Å². The highest BCUT2D eigenvalue weighted by atomic mass is 14.0. The van der Waals surface area contributed by atoms with Crippen molar-refractivity contribution in [2.75, 3.05) is 0 Å². The Balaban J connectivity index is 2.62. The van der Waals surface area contributed by atoms with E-state index < -0.39 is 0 Å². The van der Waals surface area contributed by atoms with E-state index in [1.54, 1.807) is 0 Å². The number of allylic oxidation sites excluding steroid dienone is 1. The minimum atomic E-state index is 1.14. The molecule has 0 aliphatic carbocycles. The first kappa shape index (κ1) is 8.06. The first-order valence-corrected chi connectivity index (χ1v) is 4.44. The Morgan fingerprint density at radius 2 is 1.92 bits per heavy atom. The lowest BCUT2D eigenvalue weighted by Gasteiger charge is -1.97. The number of benzene rings is 2. The summed E-state index contributed by atoms with van der Waals surface area (Å²) in [4.78, 5) is 0. The molecule has 63 valence electrons. The van der Waals surface area contributed by atoms with Crippen LogP contribution >= 0.6 is 0 Å². The molecule has 0 spiro atoms. The average molecular weight is 167 g/mol. The fourth-order valence-electron chi connectivity index (χ4n) is 1.41. The molecule has 0 fully saturated rings. The molecule has 13 heavy (non-hydrogen) atoms. The van der Waals surface area contributed by atoms with Crippen LogP contribution in [0.1, 0.15) is 12.5 Å². The second-order valence-corrected chi connectivity index (χ2v) is 3.00. The summed E-state index contributed by atoms with van der Waals surface area (Å²) in [5.41, 5.74) is 1.14. The van der Waals surface area contributed by atoms with Gasteiger partial charge in [0.1, 0.15) is 0 Å². The van der Waals surface area contributed by atoms with Gasteiger partial charge in [-0.1, -0.05) is 48.6 Å². The molecular weight excluding hydrogens is 156 g/mol. The van der Waals surface area contributed by atoms with E-state index in [2.05, 4.69) is 36.4 Å². The molecule has 0 atom stereocenters. The lowest BCUT2D eigenvalue weighted by Crippen LogP contribution is -1.75. The summed E-state index contributed by atoms with van der Waals surface area (Å²) < 4.78 is 0. The third-order valence-electron chi connectivity index (χ3n) is 2.03. The third-order valence-corrected chi connectivity index (χ3v) is 2.03. The summed E-state index contributed by atoms with van der Waals surface area (Å²) in [6, 6.07) is 15.8. The summed E-state index contributed by atoms with van der Waals surface area (Å²) in [6.07, 6.45) is 4.09. The van der Waals surface area contributed by atoms with Crippen LogP contribution < -0.4 is 0 Å². The Hall–Kier alpha value is -1.56. The zero-order valence-electron chi connectivity index (χ0n) is 7.62. The zero-order valence-corrected chi connectivity index (χ0v) is 7.62. The van der Waals surface area contributed by atoms with Gasteiger partial charge < -0.3 is 0 Å². The van der Waals surface area contributed by atoms with Gasteiger partial charge in [0.15, 0.2) is 0 Å². The molecule has 2 rings (SSSR count). The van der Waals surface area contributed by atoms with Gasteiger partial charge in [-0.3, -0.25) is 0 Å². The highest BCUT2D eigenvalue weighted by molar-refractivity contribution is 5.83. The van der Waals surface area contributed by atoms with E-state index in [-0.39, 0.29) is 0 Å². The molecule has 0 amide bonds. The minimum absolute atomic E-state index is 1.14. The number of hydrogen-bond donors (Lipinski definition) is 0. The zero-order chi connectivity index (χ0) is 9.10. The van der Waals surface area contributed by atoms with Crippen molar-refractivity contribution in [1.82, 2.24) is 0 Å². The standard InChI is InChI=1S/C13H11/c1-2-5-11-8-9-12-6-3-4-7-13(12)10-11/h2-9H,1H3.